The molecular weight excluding hydrogens is 393 g/mol. The van der Waals surface area contributed by atoms with Gasteiger partial charge in [0.05, 0.1) is 16.6 Å². The van der Waals surface area contributed by atoms with Crippen molar-refractivity contribution in [2.24, 2.45) is 0 Å². The van der Waals surface area contributed by atoms with Gasteiger partial charge in [-0.1, -0.05) is 29.3 Å². The number of halogens is 2. The lowest BCUT2D eigenvalue weighted by molar-refractivity contribution is -0.140. The van der Waals surface area contributed by atoms with Gasteiger partial charge in [-0.3, -0.25) is 14.2 Å². The van der Waals surface area contributed by atoms with Gasteiger partial charge in [-0.05, 0) is 30.7 Å². The van der Waals surface area contributed by atoms with Crippen molar-refractivity contribution in [1.29, 1.82) is 0 Å². The Labute approximate surface area is 164 Å². The van der Waals surface area contributed by atoms with Gasteiger partial charge in [0.25, 0.3) is 5.91 Å². The predicted molar refractivity (Wildman–Crippen MR) is 100 cm³/mol. The highest BCUT2D eigenvalue weighted by Gasteiger charge is 2.17. The van der Waals surface area contributed by atoms with Crippen molar-refractivity contribution < 1.29 is 14.7 Å². The molecule has 2 heterocycles. The number of nitrogens with one attached hydrogen (secondary N) is 1. The second-order valence-corrected chi connectivity index (χ2v) is 6.61. The number of anilines is 1. The fourth-order valence-electron chi connectivity index (χ4n) is 2.31. The summed E-state index contributed by atoms with van der Waals surface area (Å²) in [6.07, 6.45) is 3.15. The quantitative estimate of drug-likeness (QED) is 0.652. The zero-order valence-electron chi connectivity index (χ0n) is 14.1. The van der Waals surface area contributed by atoms with E-state index in [9.17, 15) is 9.59 Å². The molecule has 8 nitrogen and oxygen atoms in total. The van der Waals surface area contributed by atoms with Gasteiger partial charge in [-0.15, -0.1) is 0 Å². The zero-order chi connectivity index (χ0) is 19.6. The third-order valence-corrected chi connectivity index (χ3v) is 4.55. The second kappa shape index (κ2) is 7.81. The van der Waals surface area contributed by atoms with E-state index in [4.69, 9.17) is 28.3 Å². The monoisotopic (exact) mass is 407 g/mol. The van der Waals surface area contributed by atoms with Gasteiger partial charge in [-0.25, -0.2) is 4.79 Å². The summed E-state index contributed by atoms with van der Waals surface area (Å²) in [5.41, 5.74) is 1.01. The van der Waals surface area contributed by atoms with Gasteiger partial charge in [0.2, 0.25) is 0 Å². The van der Waals surface area contributed by atoms with Crippen LogP contribution in [0.4, 0.5) is 5.82 Å². The molecule has 1 aromatic carbocycles. The van der Waals surface area contributed by atoms with E-state index in [1.165, 1.54) is 23.9 Å². The number of aromatic nitrogens is 4. The summed E-state index contributed by atoms with van der Waals surface area (Å²) in [7, 11) is 0. The van der Waals surface area contributed by atoms with E-state index in [0.717, 1.165) is 5.56 Å². The number of carboxylic acids is 1. The first-order valence-corrected chi connectivity index (χ1v) is 8.66. The molecule has 0 aliphatic rings. The summed E-state index contributed by atoms with van der Waals surface area (Å²) in [6.45, 7) is 1.93. The number of carboxylic acid groups (broad SMARTS) is 1. The molecule has 0 radical (unpaired) electrons. The maximum atomic E-state index is 12.3. The predicted octanol–water partition coefficient (Wildman–Crippen LogP) is 3.33. The normalized spacial score (nSPS) is 12.0. The highest BCUT2D eigenvalue weighted by molar-refractivity contribution is 6.42. The summed E-state index contributed by atoms with van der Waals surface area (Å²) in [4.78, 5) is 23.2. The molecule has 3 aromatic rings. The van der Waals surface area contributed by atoms with Gasteiger partial charge in [0.15, 0.2) is 11.5 Å². The van der Waals surface area contributed by atoms with Gasteiger partial charge in [-0.2, -0.15) is 10.2 Å². The minimum absolute atomic E-state index is 0.0992. The molecule has 1 unspecified atom stereocenters. The molecule has 0 aliphatic heterocycles. The molecular formula is C17H15Cl2N5O3. The van der Waals surface area contributed by atoms with E-state index in [2.05, 4.69) is 15.5 Å². The van der Waals surface area contributed by atoms with Crippen molar-refractivity contribution in [2.75, 3.05) is 5.32 Å². The third-order valence-electron chi connectivity index (χ3n) is 3.81. The Bertz CT molecular complexity index is 998. The van der Waals surface area contributed by atoms with E-state index < -0.39 is 17.9 Å². The molecule has 1 amide bonds. The summed E-state index contributed by atoms with van der Waals surface area (Å²) in [5, 5.41) is 20.8. The molecule has 10 heteroatoms. The Morgan fingerprint density at radius 1 is 1.15 bits per heavy atom. The number of carbonyl (C=O) groups is 2. The molecule has 2 aromatic heterocycles. The van der Waals surface area contributed by atoms with Gasteiger partial charge >= 0.3 is 5.97 Å². The lowest BCUT2D eigenvalue weighted by Crippen LogP contribution is -2.18. The Kier molecular flexibility index (Phi) is 5.48. The molecule has 2 N–H and O–H groups in total. The van der Waals surface area contributed by atoms with Crippen molar-refractivity contribution in [3.8, 4) is 0 Å². The molecule has 3 rings (SSSR count). The summed E-state index contributed by atoms with van der Waals surface area (Å²) < 4.78 is 2.85. The minimum atomic E-state index is -1.04. The first kappa shape index (κ1) is 18.9. The lowest BCUT2D eigenvalue weighted by atomic mass is 10.2. The number of amides is 1. The number of hydrogen-bond acceptors (Lipinski definition) is 4. The second-order valence-electron chi connectivity index (χ2n) is 5.80. The fraction of sp³-hybridized carbons (Fsp3) is 0.176. The molecule has 0 bridgehead atoms. The van der Waals surface area contributed by atoms with Crippen LogP contribution in [0.1, 0.15) is 29.0 Å². The summed E-state index contributed by atoms with van der Waals surface area (Å²) in [6, 6.07) is 7.52. The van der Waals surface area contributed by atoms with Crippen LogP contribution >= 0.6 is 23.2 Å². The molecule has 0 saturated heterocycles. The van der Waals surface area contributed by atoms with Crippen LogP contribution in [0.15, 0.2) is 42.7 Å². The smallest absolute Gasteiger partial charge is 0.328 e. The number of hydrogen-bond donors (Lipinski definition) is 2. The Morgan fingerprint density at radius 3 is 2.63 bits per heavy atom. The van der Waals surface area contributed by atoms with Gasteiger partial charge in [0, 0.05) is 18.5 Å². The van der Waals surface area contributed by atoms with E-state index in [1.54, 1.807) is 29.1 Å². The van der Waals surface area contributed by atoms with Gasteiger partial charge in [0.1, 0.15) is 6.04 Å². The largest absolute Gasteiger partial charge is 0.480 e. The van der Waals surface area contributed by atoms with Crippen LogP contribution in [-0.2, 0) is 11.3 Å². The highest BCUT2D eigenvalue weighted by atomic mass is 35.5. The molecule has 140 valence electrons. The first-order chi connectivity index (χ1) is 12.8. The molecule has 1 atom stereocenters. The van der Waals surface area contributed by atoms with Crippen LogP contribution < -0.4 is 5.32 Å². The Hall–Kier alpha value is -2.84. The maximum Gasteiger partial charge on any atom is 0.328 e. The summed E-state index contributed by atoms with van der Waals surface area (Å²) >= 11 is 11.9. The fourth-order valence-corrected chi connectivity index (χ4v) is 2.63. The SMILES string of the molecule is CC(C(=O)O)n1ccc(C(=O)Nc2ccn(Cc3ccc(Cl)c(Cl)c3)n2)n1. The van der Waals surface area contributed by atoms with Crippen molar-refractivity contribution in [3.05, 3.63) is 64.0 Å². The lowest BCUT2D eigenvalue weighted by Gasteiger charge is -2.05. The topological polar surface area (TPSA) is 102 Å². The maximum absolute atomic E-state index is 12.3. The number of aliphatic carboxylic acids is 1. The van der Waals surface area contributed by atoms with Crippen LogP contribution in [-0.4, -0.2) is 36.5 Å². The number of carbonyl (C=O) groups excluding carboxylic acids is 1. The van der Waals surface area contributed by atoms with Crippen molar-refractivity contribution in [1.82, 2.24) is 19.6 Å². The van der Waals surface area contributed by atoms with Crippen molar-refractivity contribution in [3.63, 3.8) is 0 Å². The van der Waals surface area contributed by atoms with Crippen molar-refractivity contribution >= 4 is 40.9 Å². The number of benzene rings is 1. The molecule has 0 spiro atoms. The average Bonchev–Trinajstić information content (AvgIpc) is 3.27. The van der Waals surface area contributed by atoms with Gasteiger partial charge < -0.3 is 10.4 Å². The van der Waals surface area contributed by atoms with Crippen LogP contribution in [0, 0.1) is 0 Å². The number of nitrogens with zero attached hydrogens (tertiary/aromatic N) is 4. The van der Waals surface area contributed by atoms with E-state index in [1.807, 2.05) is 6.07 Å². The Balaban J connectivity index is 1.65. The number of rotatable bonds is 6. The first-order valence-electron chi connectivity index (χ1n) is 7.90. The highest BCUT2D eigenvalue weighted by Crippen LogP contribution is 2.23. The van der Waals surface area contributed by atoms with E-state index in [-0.39, 0.29) is 5.69 Å². The van der Waals surface area contributed by atoms with Crippen molar-refractivity contribution in [2.45, 2.75) is 19.5 Å². The van der Waals surface area contributed by atoms with Crippen LogP contribution in [0.5, 0.6) is 0 Å². The zero-order valence-corrected chi connectivity index (χ0v) is 15.6. The minimum Gasteiger partial charge on any atom is -0.480 e. The summed E-state index contributed by atoms with van der Waals surface area (Å²) in [5.74, 6) is -1.17. The van der Waals surface area contributed by atoms with Crippen LogP contribution in [0.3, 0.4) is 0 Å². The van der Waals surface area contributed by atoms with Crippen LogP contribution in [0.2, 0.25) is 10.0 Å². The molecule has 0 aliphatic carbocycles. The third kappa shape index (κ3) is 4.47. The standard InChI is InChI=1S/C17H15Cl2N5O3/c1-10(17(26)27)24-7-4-14(21-24)16(25)20-15-5-6-23(22-15)9-11-2-3-12(18)13(19)8-11/h2-8,10H,9H2,1H3,(H,26,27)(H,20,22,25). The van der Waals surface area contributed by atoms with E-state index in [0.29, 0.717) is 22.4 Å². The Morgan fingerprint density at radius 2 is 1.93 bits per heavy atom. The molecule has 0 fully saturated rings. The molecule has 27 heavy (non-hydrogen) atoms. The average molecular weight is 408 g/mol. The van der Waals surface area contributed by atoms with E-state index >= 15 is 0 Å². The molecule has 0 saturated carbocycles. The van der Waals surface area contributed by atoms with Crippen LogP contribution in [0.25, 0.3) is 0 Å².